The second-order valence-electron chi connectivity index (χ2n) is 8.84. The van der Waals surface area contributed by atoms with Crippen LogP contribution in [0.2, 0.25) is 10.0 Å². The molecule has 1 aromatic carbocycles. The molecule has 154 valence electrons. The van der Waals surface area contributed by atoms with Crippen molar-refractivity contribution in [3.63, 3.8) is 0 Å². The van der Waals surface area contributed by atoms with E-state index < -0.39 is 0 Å². The summed E-state index contributed by atoms with van der Waals surface area (Å²) in [4.78, 5) is 12.7. The Morgan fingerprint density at radius 2 is 1.83 bits per heavy atom. The number of nitrogens with two attached hydrogens (primary N) is 1. The molecular weight excluding hydrogens is 429 g/mol. The maximum Gasteiger partial charge on any atom is 0.230 e. The molecule has 1 aromatic heterocycles. The van der Waals surface area contributed by atoms with E-state index in [0.717, 1.165) is 37.0 Å². The molecule has 1 amide bonds. The average Bonchev–Trinajstić information content (AvgIpc) is 2.99. The van der Waals surface area contributed by atoms with Crippen molar-refractivity contribution in [2.45, 2.75) is 49.2 Å². The highest BCUT2D eigenvalue weighted by Crippen LogP contribution is 2.55. The number of amides is 1. The summed E-state index contributed by atoms with van der Waals surface area (Å²) in [5, 5.41) is 13.1. The quantitative estimate of drug-likeness (QED) is 0.526. The van der Waals surface area contributed by atoms with Crippen LogP contribution < -0.4 is 11.2 Å². The standard InChI is InChI=1S/C20H23Cl2N5OS/c21-14-1-2-15(16(22)6-14)18-25-26-19(27(18)23)29-10-17(28)24-20-7-11-3-12(8-20)5-13(4-11)9-20/h1-2,6,11-13H,3-5,7-10,23H2,(H,24,28). The van der Waals surface area contributed by atoms with Crippen LogP contribution >= 0.6 is 35.0 Å². The number of rotatable bonds is 5. The molecule has 4 saturated carbocycles. The third-order valence-corrected chi connectivity index (χ3v) is 8.10. The summed E-state index contributed by atoms with van der Waals surface area (Å²) in [6.45, 7) is 0. The van der Waals surface area contributed by atoms with E-state index in [0.29, 0.717) is 26.6 Å². The van der Waals surface area contributed by atoms with Crippen molar-refractivity contribution in [2.75, 3.05) is 11.6 Å². The average molecular weight is 452 g/mol. The summed E-state index contributed by atoms with van der Waals surface area (Å²) in [5.41, 5.74) is 0.668. The smallest absolute Gasteiger partial charge is 0.230 e. The Kier molecular flexibility index (Phi) is 4.95. The van der Waals surface area contributed by atoms with Crippen molar-refractivity contribution in [3.05, 3.63) is 28.2 Å². The molecule has 1 heterocycles. The molecule has 0 unspecified atom stereocenters. The van der Waals surface area contributed by atoms with Crippen molar-refractivity contribution in [1.82, 2.24) is 20.2 Å². The van der Waals surface area contributed by atoms with Crippen molar-refractivity contribution >= 4 is 40.9 Å². The van der Waals surface area contributed by atoms with Gasteiger partial charge < -0.3 is 11.2 Å². The minimum Gasteiger partial charge on any atom is -0.350 e. The predicted molar refractivity (Wildman–Crippen MR) is 115 cm³/mol. The van der Waals surface area contributed by atoms with Crippen LogP contribution in [0.4, 0.5) is 0 Å². The SMILES string of the molecule is Nn1c(SCC(=O)NC23CC4CC(CC(C4)C2)C3)nnc1-c1ccc(Cl)cc1Cl. The summed E-state index contributed by atoms with van der Waals surface area (Å²) < 4.78 is 1.37. The first-order valence-corrected chi connectivity index (χ1v) is 11.7. The second-order valence-corrected chi connectivity index (χ2v) is 10.6. The van der Waals surface area contributed by atoms with Gasteiger partial charge >= 0.3 is 0 Å². The number of aromatic nitrogens is 3. The molecular formula is C20H23Cl2N5OS. The molecule has 9 heteroatoms. The Morgan fingerprint density at radius 1 is 1.17 bits per heavy atom. The number of nitrogen functional groups attached to an aromatic ring is 1. The van der Waals surface area contributed by atoms with E-state index in [4.69, 9.17) is 29.0 Å². The predicted octanol–water partition coefficient (Wildman–Crippen LogP) is 4.14. The highest BCUT2D eigenvalue weighted by Gasteiger charge is 2.51. The van der Waals surface area contributed by atoms with Gasteiger partial charge in [-0.05, 0) is 74.5 Å². The zero-order chi connectivity index (χ0) is 20.2. The van der Waals surface area contributed by atoms with Gasteiger partial charge in [-0.25, -0.2) is 4.68 Å². The van der Waals surface area contributed by atoms with E-state index in [1.807, 2.05) is 0 Å². The maximum atomic E-state index is 12.7. The highest BCUT2D eigenvalue weighted by atomic mass is 35.5. The normalized spacial score (nSPS) is 29.9. The molecule has 6 nitrogen and oxygen atoms in total. The largest absolute Gasteiger partial charge is 0.350 e. The molecule has 3 N–H and O–H groups in total. The van der Waals surface area contributed by atoms with Crippen molar-refractivity contribution in [3.8, 4) is 11.4 Å². The molecule has 0 atom stereocenters. The maximum absolute atomic E-state index is 12.7. The molecule has 0 aliphatic heterocycles. The minimum atomic E-state index is 0.0186. The van der Waals surface area contributed by atoms with E-state index in [9.17, 15) is 4.79 Å². The summed E-state index contributed by atoms with van der Waals surface area (Å²) in [5.74, 6) is 9.32. The van der Waals surface area contributed by atoms with E-state index in [2.05, 4.69) is 15.5 Å². The van der Waals surface area contributed by atoms with Gasteiger partial charge in [0.2, 0.25) is 11.1 Å². The Balaban J connectivity index is 1.24. The van der Waals surface area contributed by atoms with Crippen LogP contribution in [0.5, 0.6) is 0 Å². The zero-order valence-corrected chi connectivity index (χ0v) is 18.2. The zero-order valence-electron chi connectivity index (χ0n) is 15.9. The fraction of sp³-hybridized carbons (Fsp3) is 0.550. The number of carbonyl (C=O) groups excluding carboxylic acids is 1. The van der Waals surface area contributed by atoms with Gasteiger partial charge in [-0.15, -0.1) is 10.2 Å². The summed E-state index contributed by atoms with van der Waals surface area (Å²) in [7, 11) is 0. The third kappa shape index (κ3) is 3.73. The number of hydrogen-bond acceptors (Lipinski definition) is 5. The number of thioether (sulfide) groups is 1. The molecule has 0 spiro atoms. The van der Waals surface area contributed by atoms with E-state index in [1.165, 1.54) is 35.7 Å². The van der Waals surface area contributed by atoms with E-state index >= 15 is 0 Å². The first-order valence-electron chi connectivity index (χ1n) is 10.0. The van der Waals surface area contributed by atoms with Crippen LogP contribution in [0.15, 0.2) is 23.4 Å². The molecule has 0 saturated heterocycles. The van der Waals surface area contributed by atoms with Crippen molar-refractivity contribution < 1.29 is 4.79 Å². The third-order valence-electron chi connectivity index (χ3n) is 6.61. The topological polar surface area (TPSA) is 85.8 Å². The summed E-state index contributed by atoms with van der Waals surface area (Å²) >= 11 is 13.5. The molecule has 2 aromatic rings. The molecule has 29 heavy (non-hydrogen) atoms. The van der Waals surface area contributed by atoms with Gasteiger partial charge in [0.15, 0.2) is 5.82 Å². The monoisotopic (exact) mass is 451 g/mol. The van der Waals surface area contributed by atoms with Crippen LogP contribution in [0, 0.1) is 17.8 Å². The van der Waals surface area contributed by atoms with Crippen LogP contribution in [0.3, 0.4) is 0 Å². The van der Waals surface area contributed by atoms with Crippen LogP contribution in [-0.2, 0) is 4.79 Å². The van der Waals surface area contributed by atoms with Gasteiger partial charge in [-0.1, -0.05) is 35.0 Å². The lowest BCUT2D eigenvalue weighted by molar-refractivity contribution is -0.124. The van der Waals surface area contributed by atoms with Gasteiger partial charge in [0, 0.05) is 16.1 Å². The van der Waals surface area contributed by atoms with Gasteiger partial charge in [-0.3, -0.25) is 4.79 Å². The Hall–Kier alpha value is -1.44. The molecule has 4 aliphatic carbocycles. The van der Waals surface area contributed by atoms with E-state index in [-0.39, 0.29) is 17.2 Å². The van der Waals surface area contributed by atoms with Gasteiger partial charge in [-0.2, -0.15) is 0 Å². The Labute approximate surface area is 183 Å². The van der Waals surface area contributed by atoms with Crippen molar-refractivity contribution in [1.29, 1.82) is 0 Å². The molecule has 4 fully saturated rings. The van der Waals surface area contributed by atoms with Crippen LogP contribution in [-0.4, -0.2) is 32.1 Å². The fourth-order valence-corrected chi connectivity index (χ4v) is 7.11. The molecule has 0 radical (unpaired) electrons. The highest BCUT2D eigenvalue weighted by molar-refractivity contribution is 7.99. The molecule has 6 rings (SSSR count). The number of nitrogens with zero attached hydrogens (tertiary/aromatic N) is 3. The first-order chi connectivity index (χ1) is 13.9. The van der Waals surface area contributed by atoms with E-state index in [1.54, 1.807) is 18.2 Å². The Bertz CT molecular complexity index is 927. The lowest BCUT2D eigenvalue weighted by Gasteiger charge is -2.56. The number of halogens is 2. The van der Waals surface area contributed by atoms with Gasteiger partial charge in [0.1, 0.15) is 0 Å². The van der Waals surface area contributed by atoms with Crippen LogP contribution in [0.1, 0.15) is 38.5 Å². The number of hydrogen-bond donors (Lipinski definition) is 2. The number of benzene rings is 1. The Morgan fingerprint density at radius 3 is 2.45 bits per heavy atom. The lowest BCUT2D eigenvalue weighted by atomic mass is 9.53. The van der Waals surface area contributed by atoms with Gasteiger partial charge in [0.25, 0.3) is 0 Å². The summed E-state index contributed by atoms with van der Waals surface area (Å²) in [6.07, 6.45) is 7.49. The number of nitrogens with one attached hydrogen (secondary N) is 1. The summed E-state index contributed by atoms with van der Waals surface area (Å²) in [6, 6.07) is 5.12. The minimum absolute atomic E-state index is 0.0186. The molecule has 4 aliphatic rings. The lowest BCUT2D eigenvalue weighted by Crippen LogP contribution is -2.60. The second kappa shape index (κ2) is 7.36. The van der Waals surface area contributed by atoms with Crippen molar-refractivity contribution in [2.24, 2.45) is 17.8 Å². The number of carbonyl (C=O) groups is 1. The fourth-order valence-electron chi connectivity index (χ4n) is 5.96. The van der Waals surface area contributed by atoms with Crippen LogP contribution in [0.25, 0.3) is 11.4 Å². The molecule has 4 bridgehead atoms. The first kappa shape index (κ1) is 19.5. The van der Waals surface area contributed by atoms with Gasteiger partial charge in [0.05, 0.1) is 10.8 Å².